The fourth-order valence-electron chi connectivity index (χ4n) is 6.74. The first-order chi connectivity index (χ1) is 31.6. The van der Waals surface area contributed by atoms with Crippen molar-refractivity contribution in [3.05, 3.63) is 71.9 Å². The number of unbranched alkanes of at least 4 members (excludes halogenated alkanes) is 5. The largest absolute Gasteiger partial charge is 0.299 e. The molecule has 0 N–H and O–H groups in total. The summed E-state index contributed by atoms with van der Waals surface area (Å²) in [5.41, 5.74) is 2.71. The summed E-state index contributed by atoms with van der Waals surface area (Å²) in [7, 11) is 0. The van der Waals surface area contributed by atoms with Crippen LogP contribution in [0.5, 0.6) is 0 Å². The standard InChI is InChI=1S/C13H23N.C12H21N.C11H18O.C10H16O.C8H13N.C7H11N/c1-4-5-6-7-8-12(2)9-10-13(3)11-14;1-4-5-6-7-11(2)8-9-12(3)10-13;1-8(2)7-10-5-4-6-11(12)9(10)3;1-7(2)6-9-4-5-10(11)8(9)3;1-7(2)4-5-8(3)6-9;1-3-4-5-7(2)6-8/h9-10,12-13H,4-8H2,1-3H3;8-9,11-12H,4-7H2,1-3H3;7-9H,4-6H2,1-3H3;6-8H,4-5H2,1-3H3;4-5,7-8H,1-3H3;4-5,7H,3H2,1-2H3/b10-9-;9-8-;10-7-;9-6-;2*5-4-. The third-order valence-electron chi connectivity index (χ3n) is 11.2. The SMILES string of the molecule is CC(C)/C=C1/CCC(=O)C1C.CC(C)/C=C1/CCCC(=O)C1C.CC(C)/C=C\C(C)C#N.CC/C=C\C(C)C#N.CCCCCC(C)/C=C\C(C)C#N.CCCCCCC(C)/C=C\C(C)C#N. The normalized spacial score (nSPS) is 19.6. The molecule has 67 heavy (non-hydrogen) atoms. The van der Waals surface area contributed by atoms with Gasteiger partial charge < -0.3 is 0 Å². The van der Waals surface area contributed by atoms with Gasteiger partial charge in [-0.3, -0.25) is 9.59 Å². The van der Waals surface area contributed by atoms with Crippen molar-refractivity contribution < 1.29 is 9.59 Å². The van der Waals surface area contributed by atoms with E-state index in [9.17, 15) is 9.59 Å². The molecule has 6 heteroatoms. The Hall–Kier alpha value is -4.26. The summed E-state index contributed by atoms with van der Waals surface area (Å²) in [5, 5.41) is 33.8. The highest BCUT2D eigenvalue weighted by atomic mass is 16.1. The number of hydrogen-bond acceptors (Lipinski definition) is 6. The van der Waals surface area contributed by atoms with Gasteiger partial charge in [-0.15, -0.1) is 0 Å². The van der Waals surface area contributed by atoms with E-state index in [-0.39, 0.29) is 35.5 Å². The van der Waals surface area contributed by atoms with Crippen LogP contribution in [0, 0.1) is 110 Å². The second-order valence-corrected chi connectivity index (χ2v) is 19.9. The summed E-state index contributed by atoms with van der Waals surface area (Å²) in [6, 6.07) is 8.66. The lowest BCUT2D eigenvalue weighted by Crippen LogP contribution is -2.18. The quantitative estimate of drug-likeness (QED) is 0.0937. The topological polar surface area (TPSA) is 129 Å². The van der Waals surface area contributed by atoms with Gasteiger partial charge >= 0.3 is 0 Å². The smallest absolute Gasteiger partial charge is 0.140 e. The number of nitriles is 4. The maximum absolute atomic E-state index is 11.3. The number of rotatable bonds is 19. The van der Waals surface area contributed by atoms with Crippen LogP contribution in [0.2, 0.25) is 0 Å². The molecule has 0 aliphatic heterocycles. The van der Waals surface area contributed by atoms with Crippen molar-refractivity contribution in [1.29, 1.82) is 21.0 Å². The van der Waals surface area contributed by atoms with Crippen LogP contribution in [0.3, 0.4) is 0 Å². The molecule has 2 rings (SSSR count). The third-order valence-corrected chi connectivity index (χ3v) is 11.2. The highest BCUT2D eigenvalue weighted by Crippen LogP contribution is 2.29. The van der Waals surface area contributed by atoms with Crippen molar-refractivity contribution >= 4 is 11.6 Å². The Balaban J connectivity index is -0.000000359. The van der Waals surface area contributed by atoms with Crippen LogP contribution in [0.15, 0.2) is 71.9 Å². The number of carbonyl (C=O) groups is 2. The van der Waals surface area contributed by atoms with E-state index in [2.05, 4.69) is 125 Å². The maximum atomic E-state index is 11.3. The van der Waals surface area contributed by atoms with Gasteiger partial charge in [0.1, 0.15) is 11.6 Å². The van der Waals surface area contributed by atoms with Crippen LogP contribution < -0.4 is 0 Å². The zero-order chi connectivity index (χ0) is 52.2. The monoisotopic (exact) mass is 923 g/mol. The predicted octanol–water partition coefficient (Wildman–Crippen LogP) is 18.2. The minimum absolute atomic E-state index is 0.0624. The Labute approximate surface area is 415 Å². The number of allylic oxidation sites excluding steroid dienone is 12. The summed E-state index contributed by atoms with van der Waals surface area (Å²) >= 11 is 0. The molecule has 0 radical (unpaired) electrons. The number of hydrogen-bond donors (Lipinski definition) is 0. The average molecular weight is 924 g/mol. The lowest BCUT2D eigenvalue weighted by Gasteiger charge is -2.21. The molecule has 2 aliphatic carbocycles. The van der Waals surface area contributed by atoms with E-state index in [1.165, 1.54) is 68.9 Å². The molecule has 0 spiro atoms. The van der Waals surface area contributed by atoms with Crippen LogP contribution in [0.1, 0.15) is 214 Å². The van der Waals surface area contributed by atoms with Gasteiger partial charge in [0.15, 0.2) is 0 Å². The van der Waals surface area contributed by atoms with Gasteiger partial charge in [-0.25, -0.2) is 0 Å². The van der Waals surface area contributed by atoms with Gasteiger partial charge in [-0.1, -0.05) is 207 Å². The molecule has 2 aliphatic rings. The Morgan fingerprint density at radius 3 is 1.19 bits per heavy atom. The first-order valence-electron chi connectivity index (χ1n) is 26.4. The van der Waals surface area contributed by atoms with E-state index in [0.717, 1.165) is 38.5 Å². The Morgan fingerprint density at radius 1 is 0.463 bits per heavy atom. The van der Waals surface area contributed by atoms with E-state index in [0.29, 0.717) is 41.2 Å². The van der Waals surface area contributed by atoms with Crippen molar-refractivity contribution in [2.45, 2.75) is 214 Å². The molecular formula is C61H102N4O2. The Morgan fingerprint density at radius 2 is 0.836 bits per heavy atom. The van der Waals surface area contributed by atoms with Crippen molar-refractivity contribution in [3.8, 4) is 24.3 Å². The first-order valence-corrected chi connectivity index (χ1v) is 26.4. The fraction of sp³-hybridized carbons (Fsp3) is 0.705. The molecule has 0 saturated heterocycles. The second-order valence-electron chi connectivity index (χ2n) is 19.9. The van der Waals surface area contributed by atoms with Crippen molar-refractivity contribution in [2.24, 2.45) is 65.1 Å². The maximum Gasteiger partial charge on any atom is 0.140 e. The minimum atomic E-state index is 0.0624. The molecule has 2 saturated carbocycles. The number of ketones is 2. The van der Waals surface area contributed by atoms with Crippen LogP contribution >= 0.6 is 0 Å². The van der Waals surface area contributed by atoms with Gasteiger partial charge in [0, 0.05) is 24.7 Å². The van der Waals surface area contributed by atoms with Crippen LogP contribution in [-0.4, -0.2) is 11.6 Å². The lowest BCUT2D eigenvalue weighted by atomic mass is 9.83. The predicted molar refractivity (Wildman–Crippen MR) is 289 cm³/mol. The summed E-state index contributed by atoms with van der Waals surface area (Å²) in [5.74, 6) is 4.48. The summed E-state index contributed by atoms with van der Waals surface area (Å²) in [6.07, 6.45) is 38.3. The van der Waals surface area contributed by atoms with Gasteiger partial charge in [0.05, 0.1) is 47.9 Å². The fourth-order valence-corrected chi connectivity index (χ4v) is 6.74. The molecule has 0 amide bonds. The highest BCUT2D eigenvalue weighted by molar-refractivity contribution is 5.86. The van der Waals surface area contributed by atoms with Crippen molar-refractivity contribution in [3.63, 3.8) is 0 Å². The van der Waals surface area contributed by atoms with Gasteiger partial charge in [-0.2, -0.15) is 21.0 Å². The number of Topliss-reactive ketones (excluding diaryl/α,β-unsaturated/α-hetero) is 2. The van der Waals surface area contributed by atoms with Gasteiger partial charge in [0.25, 0.3) is 0 Å². The number of carbonyl (C=O) groups excluding carboxylic acids is 2. The van der Waals surface area contributed by atoms with E-state index in [1.807, 2.05) is 78.0 Å². The molecule has 2 fully saturated rings. The molecular weight excluding hydrogens is 821 g/mol. The molecule has 0 aromatic rings. The molecule has 378 valence electrons. The molecule has 8 atom stereocenters. The zero-order valence-corrected chi connectivity index (χ0v) is 46.3. The van der Waals surface area contributed by atoms with E-state index >= 15 is 0 Å². The number of nitrogens with zero attached hydrogens (tertiary/aromatic N) is 4. The van der Waals surface area contributed by atoms with Crippen molar-refractivity contribution in [2.75, 3.05) is 0 Å². The lowest BCUT2D eigenvalue weighted by molar-refractivity contribution is -0.122. The molecule has 0 heterocycles. The molecule has 0 bridgehead atoms. The van der Waals surface area contributed by atoms with Gasteiger partial charge in [-0.05, 0) is 95.8 Å². The molecule has 6 nitrogen and oxygen atoms in total. The highest BCUT2D eigenvalue weighted by Gasteiger charge is 2.24. The Bertz CT molecular complexity index is 1610. The van der Waals surface area contributed by atoms with Crippen LogP contribution in [-0.2, 0) is 9.59 Å². The molecule has 8 unspecified atom stereocenters. The first kappa shape index (κ1) is 69.3. The van der Waals surface area contributed by atoms with Gasteiger partial charge in [0.2, 0.25) is 0 Å². The summed E-state index contributed by atoms with van der Waals surface area (Å²) in [4.78, 5) is 22.5. The molecule has 0 aromatic heterocycles. The minimum Gasteiger partial charge on any atom is -0.299 e. The summed E-state index contributed by atoms with van der Waals surface area (Å²) < 4.78 is 0. The van der Waals surface area contributed by atoms with Crippen LogP contribution in [0.25, 0.3) is 0 Å². The third kappa shape index (κ3) is 46.6. The average Bonchev–Trinajstić information content (AvgIpc) is 3.61. The summed E-state index contributed by atoms with van der Waals surface area (Å²) in [6.45, 7) is 35.5. The van der Waals surface area contributed by atoms with Crippen LogP contribution in [0.4, 0.5) is 0 Å². The Kier molecular flexibility index (Phi) is 48.4. The van der Waals surface area contributed by atoms with Crippen molar-refractivity contribution in [1.82, 2.24) is 0 Å². The van der Waals surface area contributed by atoms with E-state index in [1.54, 1.807) is 0 Å². The van der Waals surface area contributed by atoms with E-state index < -0.39 is 0 Å². The molecule has 0 aromatic carbocycles. The zero-order valence-electron chi connectivity index (χ0n) is 46.3. The second kappa shape index (κ2) is 46.8. The van der Waals surface area contributed by atoms with E-state index in [4.69, 9.17) is 21.0 Å².